The molecule has 0 saturated heterocycles. The summed E-state index contributed by atoms with van der Waals surface area (Å²) in [5, 5.41) is 9.69. The summed E-state index contributed by atoms with van der Waals surface area (Å²) in [4.78, 5) is 0. The minimum absolute atomic E-state index is 0.126. The third-order valence-electron chi connectivity index (χ3n) is 4.49. The van der Waals surface area contributed by atoms with Crippen LogP contribution in [0.5, 0.6) is 0 Å². The number of aliphatic hydroxyl groups is 1. The Morgan fingerprint density at radius 2 is 1.74 bits per heavy atom. The summed E-state index contributed by atoms with van der Waals surface area (Å²) in [6, 6.07) is 0. The standard InChI is InChI=1S/C15H27F3O/c1-4-5-13(10-11(2)3)12-6-8-14(19,9-7-12)15(16,17)18/h11-13,19H,4-10H2,1-3H3/t12?,13-,14?/m0/s1. The van der Waals surface area contributed by atoms with Gasteiger partial charge in [0.2, 0.25) is 0 Å². The molecule has 0 aromatic heterocycles. The van der Waals surface area contributed by atoms with Crippen molar-refractivity contribution in [3.05, 3.63) is 0 Å². The van der Waals surface area contributed by atoms with Crippen LogP contribution in [-0.4, -0.2) is 16.9 Å². The van der Waals surface area contributed by atoms with E-state index in [1.54, 1.807) is 0 Å². The molecule has 0 radical (unpaired) electrons. The fraction of sp³-hybridized carbons (Fsp3) is 1.00. The van der Waals surface area contributed by atoms with Gasteiger partial charge in [-0.3, -0.25) is 0 Å². The molecule has 0 unspecified atom stereocenters. The molecule has 1 atom stereocenters. The SMILES string of the molecule is CCC[C@@H](CC(C)C)C1CCC(O)(C(F)(F)F)CC1. The summed E-state index contributed by atoms with van der Waals surface area (Å²) >= 11 is 0. The summed E-state index contributed by atoms with van der Waals surface area (Å²) in [6.45, 7) is 6.46. The lowest BCUT2D eigenvalue weighted by Gasteiger charge is -2.40. The van der Waals surface area contributed by atoms with Crippen LogP contribution < -0.4 is 0 Å². The average molecular weight is 280 g/mol. The molecule has 0 heterocycles. The predicted octanol–water partition coefficient (Wildman–Crippen LogP) is 4.93. The molecule has 19 heavy (non-hydrogen) atoms. The normalized spacial score (nSPS) is 30.6. The van der Waals surface area contributed by atoms with Crippen molar-refractivity contribution in [2.45, 2.75) is 77.5 Å². The lowest BCUT2D eigenvalue weighted by atomic mass is 9.70. The Bertz CT molecular complexity index is 265. The number of rotatable bonds is 5. The van der Waals surface area contributed by atoms with Gasteiger partial charge in [-0.15, -0.1) is 0 Å². The van der Waals surface area contributed by atoms with Crippen molar-refractivity contribution in [3.63, 3.8) is 0 Å². The van der Waals surface area contributed by atoms with Crippen molar-refractivity contribution in [2.75, 3.05) is 0 Å². The Labute approximate surface area is 114 Å². The van der Waals surface area contributed by atoms with Crippen LogP contribution in [0.1, 0.15) is 65.7 Å². The van der Waals surface area contributed by atoms with Gasteiger partial charge in [0.15, 0.2) is 5.60 Å². The van der Waals surface area contributed by atoms with Gasteiger partial charge in [-0.1, -0.05) is 33.6 Å². The molecule has 1 rings (SSSR count). The molecule has 114 valence electrons. The maximum atomic E-state index is 12.8. The lowest BCUT2D eigenvalue weighted by molar-refractivity contribution is -0.273. The van der Waals surface area contributed by atoms with Crippen LogP contribution in [0, 0.1) is 17.8 Å². The van der Waals surface area contributed by atoms with E-state index in [4.69, 9.17) is 0 Å². The molecule has 0 spiro atoms. The third kappa shape index (κ3) is 4.37. The maximum absolute atomic E-state index is 12.8. The second-order valence-electron chi connectivity index (χ2n) is 6.55. The molecular formula is C15H27F3O. The van der Waals surface area contributed by atoms with Crippen LogP contribution in [0.2, 0.25) is 0 Å². The predicted molar refractivity (Wildman–Crippen MR) is 70.8 cm³/mol. The zero-order valence-electron chi connectivity index (χ0n) is 12.3. The van der Waals surface area contributed by atoms with Crippen LogP contribution in [0.15, 0.2) is 0 Å². The molecule has 0 aromatic rings. The third-order valence-corrected chi connectivity index (χ3v) is 4.49. The molecule has 1 aliphatic carbocycles. The van der Waals surface area contributed by atoms with E-state index in [-0.39, 0.29) is 12.8 Å². The molecule has 1 fully saturated rings. The first-order chi connectivity index (χ1) is 8.69. The first-order valence-electron chi connectivity index (χ1n) is 7.48. The van der Waals surface area contributed by atoms with Crippen molar-refractivity contribution >= 4 is 0 Å². The minimum Gasteiger partial charge on any atom is -0.380 e. The molecule has 1 N–H and O–H groups in total. The molecular weight excluding hydrogens is 253 g/mol. The van der Waals surface area contributed by atoms with Crippen molar-refractivity contribution in [1.82, 2.24) is 0 Å². The largest absolute Gasteiger partial charge is 0.417 e. The Morgan fingerprint density at radius 1 is 1.21 bits per heavy atom. The van der Waals surface area contributed by atoms with E-state index >= 15 is 0 Å². The summed E-state index contributed by atoms with van der Waals surface area (Å²) in [7, 11) is 0. The quantitative estimate of drug-likeness (QED) is 0.757. The van der Waals surface area contributed by atoms with Crippen LogP contribution in [0.3, 0.4) is 0 Å². The number of halogens is 3. The Hall–Kier alpha value is -0.250. The topological polar surface area (TPSA) is 20.2 Å². The summed E-state index contributed by atoms with van der Waals surface area (Å²) in [6.07, 6.45) is -0.455. The smallest absolute Gasteiger partial charge is 0.380 e. The highest BCUT2D eigenvalue weighted by Gasteiger charge is 2.54. The fourth-order valence-corrected chi connectivity index (χ4v) is 3.39. The number of alkyl halides is 3. The first-order valence-corrected chi connectivity index (χ1v) is 7.48. The zero-order chi connectivity index (χ0) is 14.7. The number of hydrogen-bond donors (Lipinski definition) is 1. The van der Waals surface area contributed by atoms with E-state index in [0.717, 1.165) is 19.3 Å². The van der Waals surface area contributed by atoms with Gasteiger partial charge < -0.3 is 5.11 Å². The fourth-order valence-electron chi connectivity index (χ4n) is 3.39. The van der Waals surface area contributed by atoms with Gasteiger partial charge >= 0.3 is 6.18 Å². The molecule has 1 aliphatic rings. The van der Waals surface area contributed by atoms with Crippen molar-refractivity contribution in [2.24, 2.45) is 17.8 Å². The number of hydrogen-bond acceptors (Lipinski definition) is 1. The monoisotopic (exact) mass is 280 g/mol. The van der Waals surface area contributed by atoms with Gasteiger partial charge in [-0.05, 0) is 49.9 Å². The van der Waals surface area contributed by atoms with Gasteiger partial charge in [-0.2, -0.15) is 13.2 Å². The summed E-state index contributed by atoms with van der Waals surface area (Å²) in [5.74, 6) is 1.45. The van der Waals surface area contributed by atoms with Crippen molar-refractivity contribution in [1.29, 1.82) is 0 Å². The van der Waals surface area contributed by atoms with E-state index in [0.29, 0.717) is 30.6 Å². The second kappa shape index (κ2) is 6.47. The van der Waals surface area contributed by atoms with E-state index in [1.165, 1.54) is 0 Å². The van der Waals surface area contributed by atoms with E-state index in [9.17, 15) is 18.3 Å². The molecule has 4 heteroatoms. The maximum Gasteiger partial charge on any atom is 0.417 e. The van der Waals surface area contributed by atoms with Crippen molar-refractivity contribution < 1.29 is 18.3 Å². The molecule has 0 aromatic carbocycles. The summed E-state index contributed by atoms with van der Waals surface area (Å²) < 4.78 is 38.3. The van der Waals surface area contributed by atoms with Gasteiger partial charge in [-0.25, -0.2) is 0 Å². The van der Waals surface area contributed by atoms with Crippen LogP contribution in [0.4, 0.5) is 13.2 Å². The highest BCUT2D eigenvalue weighted by Crippen LogP contribution is 2.46. The molecule has 1 nitrogen and oxygen atoms in total. The van der Waals surface area contributed by atoms with Crippen molar-refractivity contribution in [3.8, 4) is 0 Å². The second-order valence-corrected chi connectivity index (χ2v) is 6.55. The van der Waals surface area contributed by atoms with Gasteiger partial charge in [0.05, 0.1) is 0 Å². The minimum atomic E-state index is -4.48. The summed E-state index contributed by atoms with van der Waals surface area (Å²) in [5.41, 5.74) is -2.43. The molecule has 1 saturated carbocycles. The van der Waals surface area contributed by atoms with Crippen LogP contribution in [0.25, 0.3) is 0 Å². The Balaban J connectivity index is 2.60. The van der Waals surface area contributed by atoms with Crippen LogP contribution in [-0.2, 0) is 0 Å². The van der Waals surface area contributed by atoms with Gasteiger partial charge in [0, 0.05) is 0 Å². The van der Waals surface area contributed by atoms with Crippen LogP contribution >= 0.6 is 0 Å². The van der Waals surface area contributed by atoms with E-state index < -0.39 is 11.8 Å². The molecule has 0 amide bonds. The Kier molecular flexibility index (Phi) is 5.72. The van der Waals surface area contributed by atoms with Gasteiger partial charge in [0.25, 0.3) is 0 Å². The highest BCUT2D eigenvalue weighted by atomic mass is 19.4. The zero-order valence-corrected chi connectivity index (χ0v) is 12.3. The molecule has 0 aliphatic heterocycles. The molecule has 0 bridgehead atoms. The Morgan fingerprint density at radius 3 is 2.11 bits per heavy atom. The lowest BCUT2D eigenvalue weighted by Crippen LogP contribution is -2.48. The van der Waals surface area contributed by atoms with E-state index in [1.807, 2.05) is 0 Å². The van der Waals surface area contributed by atoms with Gasteiger partial charge in [0.1, 0.15) is 0 Å². The van der Waals surface area contributed by atoms with E-state index in [2.05, 4.69) is 20.8 Å². The highest BCUT2D eigenvalue weighted by molar-refractivity contribution is 4.92. The first kappa shape index (κ1) is 16.8. The average Bonchev–Trinajstić information content (AvgIpc) is 2.27.